The molecular formula is C38H28F4N2O6S2. The minimum absolute atomic E-state index is 0.101. The van der Waals surface area contributed by atoms with E-state index in [2.05, 4.69) is 9.97 Å². The number of rotatable bonds is 9. The fraction of sp³-hybridized carbons (Fsp3) is 0.0526. The van der Waals surface area contributed by atoms with E-state index in [1.807, 2.05) is 0 Å². The second-order valence-electron chi connectivity index (χ2n) is 11.1. The van der Waals surface area contributed by atoms with Crippen LogP contribution in [-0.2, 0) is 32.5 Å². The molecule has 2 heterocycles. The predicted octanol–water partition coefficient (Wildman–Crippen LogP) is 7.75. The molecule has 0 saturated heterocycles. The third-order valence-corrected chi connectivity index (χ3v) is 11.1. The molecule has 52 heavy (non-hydrogen) atoms. The number of aromatic nitrogens is 2. The van der Waals surface area contributed by atoms with Gasteiger partial charge in [0.15, 0.2) is 0 Å². The summed E-state index contributed by atoms with van der Waals surface area (Å²) < 4.78 is 103. The van der Waals surface area contributed by atoms with Gasteiger partial charge in [-0.2, -0.15) is 0 Å². The molecule has 14 heteroatoms. The topological polar surface area (TPSA) is 135 Å². The van der Waals surface area contributed by atoms with Crippen LogP contribution in [0.15, 0.2) is 141 Å². The SMILES string of the molecule is O=S(=O)(c1ccc(/C=C/c2ccc(F)cc2O)nc1)c1ccccc1F.O=S(=O)(c1ccc(CCc2ccc(F)cc2O)nc1)c1ccccc1F. The molecule has 0 atom stereocenters. The molecule has 0 unspecified atom stereocenters. The van der Waals surface area contributed by atoms with Crippen LogP contribution in [0.4, 0.5) is 17.6 Å². The maximum atomic E-state index is 13.8. The van der Waals surface area contributed by atoms with Crippen LogP contribution in [0.2, 0.25) is 0 Å². The highest BCUT2D eigenvalue weighted by molar-refractivity contribution is 7.91. The summed E-state index contributed by atoms with van der Waals surface area (Å²) in [6.07, 6.45) is 6.21. The Morgan fingerprint density at radius 1 is 0.558 bits per heavy atom. The number of aromatic hydroxyl groups is 2. The van der Waals surface area contributed by atoms with Gasteiger partial charge in [-0.25, -0.2) is 34.4 Å². The van der Waals surface area contributed by atoms with Crippen LogP contribution in [0.1, 0.15) is 22.5 Å². The maximum absolute atomic E-state index is 13.8. The van der Waals surface area contributed by atoms with Crippen LogP contribution in [0.25, 0.3) is 12.2 Å². The smallest absolute Gasteiger partial charge is 0.211 e. The summed E-state index contributed by atoms with van der Waals surface area (Å²) in [5, 5.41) is 19.3. The van der Waals surface area contributed by atoms with Crippen molar-refractivity contribution in [3.05, 3.63) is 167 Å². The lowest BCUT2D eigenvalue weighted by Crippen LogP contribution is -2.06. The van der Waals surface area contributed by atoms with Crippen molar-refractivity contribution in [3.63, 3.8) is 0 Å². The highest BCUT2D eigenvalue weighted by Crippen LogP contribution is 2.26. The summed E-state index contributed by atoms with van der Waals surface area (Å²) in [4.78, 5) is 7.07. The number of nitrogens with zero attached hydrogens (tertiary/aromatic N) is 2. The Morgan fingerprint density at radius 3 is 1.60 bits per heavy atom. The fourth-order valence-electron chi connectivity index (χ4n) is 4.79. The largest absolute Gasteiger partial charge is 0.508 e. The average Bonchev–Trinajstić information content (AvgIpc) is 3.12. The van der Waals surface area contributed by atoms with Crippen molar-refractivity contribution in [3.8, 4) is 11.5 Å². The fourth-order valence-corrected chi connectivity index (χ4v) is 7.34. The van der Waals surface area contributed by atoms with E-state index in [0.29, 0.717) is 35.4 Å². The van der Waals surface area contributed by atoms with Crippen LogP contribution in [0, 0.1) is 23.3 Å². The van der Waals surface area contributed by atoms with Crippen molar-refractivity contribution >= 4 is 31.8 Å². The quantitative estimate of drug-likeness (QED) is 0.143. The zero-order chi connectivity index (χ0) is 37.5. The molecule has 0 aliphatic carbocycles. The number of pyridine rings is 2. The zero-order valence-corrected chi connectivity index (χ0v) is 28.5. The summed E-state index contributed by atoms with van der Waals surface area (Å²) in [5.74, 6) is -3.08. The van der Waals surface area contributed by atoms with Crippen molar-refractivity contribution in [2.45, 2.75) is 32.4 Å². The second kappa shape index (κ2) is 16.0. The van der Waals surface area contributed by atoms with Gasteiger partial charge in [0, 0.05) is 35.8 Å². The number of benzene rings is 4. The molecule has 6 aromatic rings. The molecular weight excluding hydrogens is 721 g/mol. The maximum Gasteiger partial charge on any atom is 0.211 e. The Kier molecular flexibility index (Phi) is 11.5. The van der Waals surface area contributed by atoms with Crippen molar-refractivity contribution in [1.82, 2.24) is 9.97 Å². The van der Waals surface area contributed by atoms with Crippen molar-refractivity contribution in [2.24, 2.45) is 0 Å². The van der Waals surface area contributed by atoms with Crippen LogP contribution < -0.4 is 0 Å². The summed E-state index contributed by atoms with van der Waals surface area (Å²) in [7, 11) is -7.99. The molecule has 0 aliphatic rings. The van der Waals surface area contributed by atoms with Gasteiger partial charge in [0.05, 0.1) is 15.5 Å². The zero-order valence-electron chi connectivity index (χ0n) is 26.9. The van der Waals surface area contributed by atoms with Crippen LogP contribution >= 0.6 is 0 Å². The Hall–Kier alpha value is -5.86. The van der Waals surface area contributed by atoms with Gasteiger partial charge in [-0.05, 0) is 97.3 Å². The molecule has 8 nitrogen and oxygen atoms in total. The monoisotopic (exact) mass is 748 g/mol. The van der Waals surface area contributed by atoms with E-state index < -0.39 is 52.7 Å². The minimum Gasteiger partial charge on any atom is -0.508 e. The standard InChI is InChI=1S/C19H15F2NO3S.C19H13F2NO3S/c2*20-14-7-5-13(18(23)11-14)6-8-15-9-10-16(12-22-15)26(24,25)19-4-2-1-3-17(19)21/h1-5,7,9-12,23H,6,8H2;1-12,23H/b;8-6+. The van der Waals surface area contributed by atoms with Gasteiger partial charge < -0.3 is 10.2 Å². The van der Waals surface area contributed by atoms with Gasteiger partial charge in [0.1, 0.15) is 44.6 Å². The van der Waals surface area contributed by atoms with Crippen LogP contribution in [0.3, 0.4) is 0 Å². The first-order valence-corrected chi connectivity index (χ1v) is 18.3. The molecule has 0 radical (unpaired) electrons. The van der Waals surface area contributed by atoms with Gasteiger partial charge in [0.25, 0.3) is 0 Å². The third kappa shape index (κ3) is 8.89. The third-order valence-electron chi connectivity index (χ3n) is 7.55. The molecule has 0 spiro atoms. The molecule has 6 rings (SSSR count). The number of aryl methyl sites for hydroxylation is 2. The van der Waals surface area contributed by atoms with Crippen molar-refractivity contribution < 1.29 is 44.6 Å². The lowest BCUT2D eigenvalue weighted by Gasteiger charge is -2.07. The summed E-state index contributed by atoms with van der Waals surface area (Å²) in [6, 6.07) is 23.3. The lowest BCUT2D eigenvalue weighted by atomic mass is 10.1. The molecule has 2 aromatic heterocycles. The first kappa shape index (κ1) is 37.4. The first-order valence-electron chi connectivity index (χ1n) is 15.3. The number of sulfone groups is 2. The highest BCUT2D eigenvalue weighted by atomic mass is 32.2. The number of phenols is 2. The van der Waals surface area contributed by atoms with Crippen LogP contribution in [-0.4, -0.2) is 37.0 Å². The summed E-state index contributed by atoms with van der Waals surface area (Å²) in [6.45, 7) is 0. The molecule has 0 saturated carbocycles. The predicted molar refractivity (Wildman–Crippen MR) is 185 cm³/mol. The normalized spacial score (nSPS) is 11.6. The van der Waals surface area contributed by atoms with Gasteiger partial charge in [-0.1, -0.05) is 30.3 Å². The number of phenolic OH excluding ortho intramolecular Hbond substituents is 2. The molecule has 0 aliphatic heterocycles. The molecule has 2 N–H and O–H groups in total. The minimum atomic E-state index is -4.01. The van der Waals surface area contributed by atoms with Crippen molar-refractivity contribution in [2.75, 3.05) is 0 Å². The Labute approximate surface area is 296 Å². The van der Waals surface area contributed by atoms with Gasteiger partial charge in [-0.15, -0.1) is 0 Å². The first-order chi connectivity index (χ1) is 24.8. The second-order valence-corrected chi connectivity index (χ2v) is 14.9. The van der Waals surface area contributed by atoms with E-state index in [1.54, 1.807) is 0 Å². The average molecular weight is 749 g/mol. The van der Waals surface area contributed by atoms with E-state index in [0.717, 1.165) is 30.5 Å². The van der Waals surface area contributed by atoms with Crippen molar-refractivity contribution in [1.29, 1.82) is 0 Å². The number of hydrogen-bond donors (Lipinski definition) is 2. The van der Waals surface area contributed by atoms with Gasteiger partial charge in [-0.3, -0.25) is 9.97 Å². The molecule has 0 amide bonds. The van der Waals surface area contributed by atoms with E-state index in [9.17, 15) is 44.6 Å². The summed E-state index contributed by atoms with van der Waals surface area (Å²) >= 11 is 0. The Morgan fingerprint density at radius 2 is 1.10 bits per heavy atom. The Balaban J connectivity index is 0.000000201. The van der Waals surface area contributed by atoms with E-state index >= 15 is 0 Å². The van der Waals surface area contributed by atoms with Gasteiger partial charge >= 0.3 is 0 Å². The number of hydrogen-bond acceptors (Lipinski definition) is 8. The summed E-state index contributed by atoms with van der Waals surface area (Å²) in [5.41, 5.74) is 1.97. The highest BCUT2D eigenvalue weighted by Gasteiger charge is 2.23. The van der Waals surface area contributed by atoms with Gasteiger partial charge in [0.2, 0.25) is 19.7 Å². The molecule has 4 aromatic carbocycles. The molecule has 266 valence electrons. The molecule has 0 fully saturated rings. The lowest BCUT2D eigenvalue weighted by molar-refractivity contribution is 0.461. The van der Waals surface area contributed by atoms with E-state index in [-0.39, 0.29) is 21.3 Å². The van der Waals surface area contributed by atoms with Crippen LogP contribution in [0.5, 0.6) is 11.5 Å². The van der Waals surface area contributed by atoms with E-state index in [1.165, 1.54) is 103 Å². The number of halogens is 4. The Bertz CT molecular complexity index is 2460. The molecule has 0 bridgehead atoms. The van der Waals surface area contributed by atoms with E-state index in [4.69, 9.17) is 0 Å².